The number of aromatic nitrogens is 5. The highest BCUT2D eigenvalue weighted by atomic mass is 19.4. The zero-order valence-electron chi connectivity index (χ0n) is 13.9. The lowest BCUT2D eigenvalue weighted by atomic mass is 10.1. The third-order valence-electron chi connectivity index (χ3n) is 4.23. The Hall–Kier alpha value is -3.18. The molecule has 2 N–H and O–H groups in total. The smallest absolute Gasteiger partial charge is 0.360 e. The monoisotopic (exact) mass is 381 g/mol. The number of carbonyl (C=O) groups excluding carboxylic acids is 1. The lowest BCUT2D eigenvalue weighted by molar-refractivity contribution is -0.132. The Morgan fingerprint density at radius 1 is 1.33 bits per heavy atom. The van der Waals surface area contributed by atoms with Crippen molar-refractivity contribution in [3.63, 3.8) is 0 Å². The van der Waals surface area contributed by atoms with E-state index in [1.165, 1.54) is 12.7 Å². The summed E-state index contributed by atoms with van der Waals surface area (Å²) in [5.74, 6) is 0.440. The summed E-state index contributed by atoms with van der Waals surface area (Å²) < 4.78 is 41.9. The first-order valence-corrected chi connectivity index (χ1v) is 8.14. The van der Waals surface area contributed by atoms with E-state index in [-0.39, 0.29) is 12.2 Å². The van der Waals surface area contributed by atoms with Crippen LogP contribution in [0.25, 0.3) is 11.2 Å². The number of amides is 1. The number of hydrogen-bond donors (Lipinski definition) is 2. The maximum absolute atomic E-state index is 12.2. The number of hydrogen-bond acceptors (Lipinski definition) is 7. The Bertz CT molecular complexity index is 981. The van der Waals surface area contributed by atoms with E-state index < -0.39 is 25.0 Å². The predicted octanol–water partition coefficient (Wildman–Crippen LogP) is 1.59. The molecule has 0 aromatic carbocycles. The highest BCUT2D eigenvalue weighted by molar-refractivity contribution is 5.94. The molecule has 12 heteroatoms. The van der Waals surface area contributed by atoms with E-state index in [1.807, 2.05) is 4.90 Å². The number of carbonyl (C=O) groups is 1. The van der Waals surface area contributed by atoms with Gasteiger partial charge in [0.15, 0.2) is 17.2 Å². The SMILES string of the molecule is O=C(NCCC(F)(F)F)c1noc2c1CN(c1ncnc3[nH]cnc13)CC2. The molecule has 0 spiro atoms. The number of nitrogens with zero attached hydrogens (tertiary/aromatic N) is 5. The zero-order valence-corrected chi connectivity index (χ0v) is 13.9. The van der Waals surface area contributed by atoms with E-state index in [0.29, 0.717) is 41.3 Å². The Kier molecular flexibility index (Phi) is 4.16. The number of nitrogens with one attached hydrogen (secondary N) is 2. The average Bonchev–Trinajstić information content (AvgIpc) is 3.26. The topological polar surface area (TPSA) is 113 Å². The molecule has 0 aliphatic carbocycles. The van der Waals surface area contributed by atoms with Gasteiger partial charge in [0.05, 0.1) is 19.3 Å². The molecular formula is C15H14F3N7O2. The van der Waals surface area contributed by atoms with E-state index in [2.05, 4.69) is 30.4 Å². The average molecular weight is 381 g/mol. The lowest BCUT2D eigenvalue weighted by Crippen LogP contribution is -2.33. The van der Waals surface area contributed by atoms with Crippen molar-refractivity contribution in [2.24, 2.45) is 0 Å². The molecule has 4 heterocycles. The molecule has 142 valence electrons. The van der Waals surface area contributed by atoms with Gasteiger partial charge in [0.2, 0.25) is 0 Å². The number of rotatable bonds is 4. The van der Waals surface area contributed by atoms with Crippen LogP contribution in [0.15, 0.2) is 17.2 Å². The summed E-state index contributed by atoms with van der Waals surface area (Å²) in [5, 5.41) is 5.97. The van der Waals surface area contributed by atoms with Crippen molar-refractivity contribution < 1.29 is 22.5 Å². The molecule has 3 aromatic rings. The highest BCUT2D eigenvalue weighted by Crippen LogP contribution is 2.28. The van der Waals surface area contributed by atoms with Gasteiger partial charge in [-0.25, -0.2) is 15.0 Å². The first kappa shape index (κ1) is 17.2. The van der Waals surface area contributed by atoms with Crippen molar-refractivity contribution >= 4 is 22.9 Å². The van der Waals surface area contributed by atoms with Crippen LogP contribution < -0.4 is 10.2 Å². The first-order chi connectivity index (χ1) is 12.9. The molecular weight excluding hydrogens is 367 g/mol. The standard InChI is InChI=1S/C15H14F3N7O2/c16-15(17,18)2-3-19-14(26)10-8-5-25(4-1-9(8)27-24-10)13-11-12(21-6-20-11)22-7-23-13/h6-7H,1-5H2,(H,19,26)(H,20,21,22,23). The Labute approximate surface area is 150 Å². The Morgan fingerprint density at radius 2 is 2.19 bits per heavy atom. The van der Waals surface area contributed by atoms with Crippen LogP contribution in [0.4, 0.5) is 19.0 Å². The largest absolute Gasteiger partial charge is 0.390 e. The minimum absolute atomic E-state index is 0.01000. The van der Waals surface area contributed by atoms with Crippen LogP contribution in [-0.2, 0) is 13.0 Å². The van der Waals surface area contributed by atoms with E-state index in [0.717, 1.165) is 0 Å². The number of anilines is 1. The van der Waals surface area contributed by atoms with Gasteiger partial charge in [0.1, 0.15) is 17.6 Å². The van der Waals surface area contributed by atoms with Crippen molar-refractivity contribution in [3.05, 3.63) is 29.7 Å². The molecule has 0 saturated heterocycles. The molecule has 3 aromatic heterocycles. The quantitative estimate of drug-likeness (QED) is 0.706. The Balaban J connectivity index is 1.53. The minimum atomic E-state index is -4.34. The molecule has 4 rings (SSSR count). The number of aromatic amines is 1. The molecule has 0 saturated carbocycles. The van der Waals surface area contributed by atoms with E-state index >= 15 is 0 Å². The van der Waals surface area contributed by atoms with Crippen LogP contribution in [0.5, 0.6) is 0 Å². The molecule has 9 nitrogen and oxygen atoms in total. The molecule has 0 bridgehead atoms. The first-order valence-electron chi connectivity index (χ1n) is 8.14. The number of halogens is 3. The van der Waals surface area contributed by atoms with Crippen LogP contribution in [0.1, 0.15) is 28.2 Å². The summed E-state index contributed by atoms with van der Waals surface area (Å²) in [5.41, 5.74) is 1.70. The van der Waals surface area contributed by atoms with Crippen molar-refractivity contribution in [1.82, 2.24) is 30.4 Å². The molecule has 0 atom stereocenters. The molecule has 1 aliphatic heterocycles. The molecule has 0 fully saturated rings. The molecule has 0 unspecified atom stereocenters. The predicted molar refractivity (Wildman–Crippen MR) is 85.9 cm³/mol. The molecule has 1 aliphatic rings. The normalized spacial score (nSPS) is 14.4. The van der Waals surface area contributed by atoms with Gasteiger partial charge in [-0.2, -0.15) is 13.2 Å². The van der Waals surface area contributed by atoms with Gasteiger partial charge < -0.3 is 19.7 Å². The van der Waals surface area contributed by atoms with Crippen LogP contribution in [0, 0.1) is 0 Å². The van der Waals surface area contributed by atoms with Crippen LogP contribution in [-0.4, -0.2) is 50.3 Å². The van der Waals surface area contributed by atoms with Crippen molar-refractivity contribution in [2.75, 3.05) is 18.0 Å². The fourth-order valence-corrected chi connectivity index (χ4v) is 2.95. The second kappa shape index (κ2) is 6.52. The van der Waals surface area contributed by atoms with Gasteiger partial charge >= 0.3 is 6.18 Å². The van der Waals surface area contributed by atoms with E-state index in [9.17, 15) is 18.0 Å². The van der Waals surface area contributed by atoms with Crippen LogP contribution in [0.3, 0.4) is 0 Å². The van der Waals surface area contributed by atoms with Crippen LogP contribution >= 0.6 is 0 Å². The fourth-order valence-electron chi connectivity index (χ4n) is 2.95. The summed E-state index contributed by atoms with van der Waals surface area (Å²) >= 11 is 0. The maximum Gasteiger partial charge on any atom is 0.390 e. The fraction of sp³-hybridized carbons (Fsp3) is 0.400. The summed E-state index contributed by atoms with van der Waals surface area (Å²) in [4.78, 5) is 29.6. The van der Waals surface area contributed by atoms with Crippen LogP contribution in [0.2, 0.25) is 0 Å². The van der Waals surface area contributed by atoms with Gasteiger partial charge in [-0.3, -0.25) is 4.79 Å². The maximum atomic E-state index is 12.2. The number of imidazole rings is 1. The third-order valence-corrected chi connectivity index (χ3v) is 4.23. The molecule has 0 radical (unpaired) electrons. The highest BCUT2D eigenvalue weighted by Gasteiger charge is 2.30. The summed E-state index contributed by atoms with van der Waals surface area (Å²) in [6.07, 6.45) is -2.05. The van der Waals surface area contributed by atoms with Crippen molar-refractivity contribution in [1.29, 1.82) is 0 Å². The van der Waals surface area contributed by atoms with Gasteiger partial charge in [0, 0.05) is 25.1 Å². The van der Waals surface area contributed by atoms with E-state index in [4.69, 9.17) is 4.52 Å². The molecule has 27 heavy (non-hydrogen) atoms. The second-order valence-corrected chi connectivity index (χ2v) is 6.02. The van der Waals surface area contributed by atoms with E-state index in [1.54, 1.807) is 0 Å². The van der Waals surface area contributed by atoms with Crippen molar-refractivity contribution in [3.8, 4) is 0 Å². The summed E-state index contributed by atoms with van der Waals surface area (Å²) in [7, 11) is 0. The number of H-pyrrole nitrogens is 1. The van der Waals surface area contributed by atoms with Gasteiger partial charge in [-0.15, -0.1) is 0 Å². The summed E-state index contributed by atoms with van der Waals surface area (Å²) in [6, 6.07) is 0. The lowest BCUT2D eigenvalue weighted by Gasteiger charge is -2.27. The van der Waals surface area contributed by atoms with Gasteiger partial charge in [-0.1, -0.05) is 5.16 Å². The number of alkyl halides is 3. The third kappa shape index (κ3) is 3.41. The Morgan fingerprint density at radius 3 is 3.00 bits per heavy atom. The van der Waals surface area contributed by atoms with Gasteiger partial charge in [-0.05, 0) is 0 Å². The summed E-state index contributed by atoms with van der Waals surface area (Å²) in [6.45, 7) is 0.323. The molecule has 1 amide bonds. The van der Waals surface area contributed by atoms with Gasteiger partial charge in [0.25, 0.3) is 5.91 Å². The minimum Gasteiger partial charge on any atom is -0.360 e. The zero-order chi connectivity index (χ0) is 19.0. The second-order valence-electron chi connectivity index (χ2n) is 6.02. The number of fused-ring (bicyclic) bond motifs is 2. The van der Waals surface area contributed by atoms with Crippen molar-refractivity contribution in [2.45, 2.75) is 25.6 Å².